The summed E-state index contributed by atoms with van der Waals surface area (Å²) in [6.07, 6.45) is 0.513. The largest absolute Gasteiger partial charge is 0.497 e. The van der Waals surface area contributed by atoms with Gasteiger partial charge in [-0.3, -0.25) is 9.59 Å². The number of methoxy groups -OCH3 is 1. The number of nitrogens with one attached hydrogen (secondary N) is 1. The summed E-state index contributed by atoms with van der Waals surface area (Å²) in [5, 5.41) is 2.93. The van der Waals surface area contributed by atoms with E-state index in [9.17, 15) is 9.59 Å². The van der Waals surface area contributed by atoms with Crippen LogP contribution in [0.15, 0.2) is 48.5 Å². The van der Waals surface area contributed by atoms with Crippen LogP contribution in [0.1, 0.15) is 38.3 Å². The molecule has 6 nitrogen and oxygen atoms in total. The van der Waals surface area contributed by atoms with Gasteiger partial charge in [0.05, 0.1) is 7.11 Å². The van der Waals surface area contributed by atoms with Crippen LogP contribution in [-0.4, -0.2) is 42.5 Å². The van der Waals surface area contributed by atoms with Crippen molar-refractivity contribution in [3.8, 4) is 11.5 Å². The van der Waals surface area contributed by atoms with Gasteiger partial charge in [-0.2, -0.15) is 0 Å². The van der Waals surface area contributed by atoms with Crippen molar-refractivity contribution in [2.75, 3.05) is 13.7 Å². The van der Waals surface area contributed by atoms with Gasteiger partial charge in [0.2, 0.25) is 5.91 Å². The summed E-state index contributed by atoms with van der Waals surface area (Å²) in [7, 11) is 1.59. The van der Waals surface area contributed by atoms with Gasteiger partial charge in [-0.05, 0) is 57.0 Å². The van der Waals surface area contributed by atoms with Crippen LogP contribution >= 0.6 is 0 Å². The number of aryl methyl sites for hydroxylation is 1. The van der Waals surface area contributed by atoms with Gasteiger partial charge < -0.3 is 19.7 Å². The summed E-state index contributed by atoms with van der Waals surface area (Å²) < 4.78 is 10.8. The Morgan fingerprint density at radius 1 is 1.07 bits per heavy atom. The number of hydrogen-bond acceptors (Lipinski definition) is 4. The second-order valence-corrected chi connectivity index (χ2v) is 7.56. The van der Waals surface area contributed by atoms with Gasteiger partial charge >= 0.3 is 0 Å². The minimum absolute atomic E-state index is 0.00183. The molecule has 30 heavy (non-hydrogen) atoms. The summed E-state index contributed by atoms with van der Waals surface area (Å²) in [6.45, 7) is 7.92. The van der Waals surface area contributed by atoms with E-state index >= 15 is 0 Å². The summed E-state index contributed by atoms with van der Waals surface area (Å²) in [4.78, 5) is 27.5. The van der Waals surface area contributed by atoms with Crippen molar-refractivity contribution >= 4 is 11.8 Å². The molecule has 0 radical (unpaired) electrons. The summed E-state index contributed by atoms with van der Waals surface area (Å²) in [5.74, 6) is 0.890. The van der Waals surface area contributed by atoms with Gasteiger partial charge in [-0.15, -0.1) is 0 Å². The number of hydrogen-bond donors (Lipinski definition) is 1. The molecule has 1 N–H and O–H groups in total. The zero-order valence-corrected chi connectivity index (χ0v) is 18.5. The average molecular weight is 413 g/mol. The lowest BCUT2D eigenvalue weighted by atomic mass is 10.1. The normalized spacial score (nSPS) is 11.7. The van der Waals surface area contributed by atoms with E-state index in [4.69, 9.17) is 9.47 Å². The van der Waals surface area contributed by atoms with E-state index in [1.54, 1.807) is 36.3 Å². The highest BCUT2D eigenvalue weighted by Crippen LogP contribution is 2.18. The highest BCUT2D eigenvalue weighted by molar-refractivity contribution is 5.88. The molecular formula is C24H32N2O4. The number of amides is 2. The molecule has 2 aromatic carbocycles. The molecule has 0 fully saturated rings. The summed E-state index contributed by atoms with van der Waals surface area (Å²) in [5.41, 5.74) is 2.08. The Labute approximate surface area is 179 Å². The molecule has 0 aromatic heterocycles. The Morgan fingerprint density at radius 2 is 1.73 bits per heavy atom. The van der Waals surface area contributed by atoms with Crippen molar-refractivity contribution in [3.05, 3.63) is 59.7 Å². The number of ether oxygens (including phenoxy) is 2. The van der Waals surface area contributed by atoms with Crippen LogP contribution in [0.25, 0.3) is 0 Å². The fourth-order valence-corrected chi connectivity index (χ4v) is 3.21. The van der Waals surface area contributed by atoms with Crippen molar-refractivity contribution in [2.24, 2.45) is 0 Å². The lowest BCUT2D eigenvalue weighted by molar-refractivity contribution is -0.143. The van der Waals surface area contributed by atoms with E-state index in [0.29, 0.717) is 24.5 Å². The minimum atomic E-state index is -0.570. The third-order valence-electron chi connectivity index (χ3n) is 4.67. The first kappa shape index (κ1) is 23.3. The van der Waals surface area contributed by atoms with Gasteiger partial charge in [0, 0.05) is 12.6 Å². The standard InChI is InChI=1S/C24H32N2O4/c1-6-22(24(28)25-17(2)3)26(15-19-9-7-8-18(4)14-19)23(27)16-30-21-12-10-20(29-5)11-13-21/h7-14,17,22H,6,15-16H2,1-5H3,(H,25,28)/t22-/m1/s1. The molecule has 0 aliphatic carbocycles. The third kappa shape index (κ3) is 6.79. The Kier molecular flexibility index (Phi) is 8.71. The summed E-state index contributed by atoms with van der Waals surface area (Å²) >= 11 is 0. The molecule has 0 heterocycles. The molecule has 0 saturated carbocycles. The molecule has 2 aromatic rings. The number of carbonyl (C=O) groups excluding carboxylic acids is 2. The first-order valence-corrected chi connectivity index (χ1v) is 10.3. The maximum absolute atomic E-state index is 13.1. The number of benzene rings is 2. The number of carbonyl (C=O) groups is 2. The van der Waals surface area contributed by atoms with Crippen molar-refractivity contribution in [2.45, 2.75) is 52.7 Å². The average Bonchev–Trinajstić information content (AvgIpc) is 2.71. The van der Waals surface area contributed by atoms with Crippen molar-refractivity contribution in [1.82, 2.24) is 10.2 Å². The van der Waals surface area contributed by atoms with Gasteiger partial charge in [0.25, 0.3) is 5.91 Å². The highest BCUT2D eigenvalue weighted by atomic mass is 16.5. The van der Waals surface area contributed by atoms with Crippen molar-refractivity contribution in [3.63, 3.8) is 0 Å². The molecule has 0 spiro atoms. The SMILES string of the molecule is CC[C@H](C(=O)NC(C)C)N(Cc1cccc(C)c1)C(=O)COc1ccc(OC)cc1. The minimum Gasteiger partial charge on any atom is -0.497 e. The molecule has 0 aliphatic rings. The second kappa shape index (κ2) is 11.2. The molecule has 0 unspecified atom stereocenters. The Balaban J connectivity index is 2.18. The maximum atomic E-state index is 13.1. The van der Waals surface area contributed by atoms with Crippen molar-refractivity contribution in [1.29, 1.82) is 0 Å². The smallest absolute Gasteiger partial charge is 0.261 e. The fraction of sp³-hybridized carbons (Fsp3) is 0.417. The van der Waals surface area contributed by atoms with E-state index in [-0.39, 0.29) is 24.5 Å². The molecule has 162 valence electrons. The Morgan fingerprint density at radius 3 is 2.30 bits per heavy atom. The molecule has 0 bridgehead atoms. The molecule has 1 atom stereocenters. The van der Waals surface area contributed by atoms with Crippen LogP contribution in [0.4, 0.5) is 0 Å². The lowest BCUT2D eigenvalue weighted by Gasteiger charge is -2.31. The number of nitrogens with zero attached hydrogens (tertiary/aromatic N) is 1. The van der Waals surface area contributed by atoms with Gasteiger partial charge in [-0.1, -0.05) is 36.8 Å². The quantitative estimate of drug-likeness (QED) is 0.646. The van der Waals surface area contributed by atoms with Crippen LogP contribution in [0, 0.1) is 6.92 Å². The first-order valence-electron chi connectivity index (χ1n) is 10.3. The van der Waals surface area contributed by atoms with Crippen LogP contribution in [0.5, 0.6) is 11.5 Å². The molecule has 0 saturated heterocycles. The van der Waals surface area contributed by atoms with Crippen LogP contribution < -0.4 is 14.8 Å². The first-order chi connectivity index (χ1) is 14.3. The summed E-state index contributed by atoms with van der Waals surface area (Å²) in [6, 6.07) is 14.4. The predicted molar refractivity (Wildman–Crippen MR) is 118 cm³/mol. The predicted octanol–water partition coefficient (Wildman–Crippen LogP) is 3.71. The third-order valence-corrected chi connectivity index (χ3v) is 4.67. The van der Waals surface area contributed by atoms with Gasteiger partial charge in [0.15, 0.2) is 6.61 Å². The zero-order valence-electron chi connectivity index (χ0n) is 18.5. The zero-order chi connectivity index (χ0) is 22.1. The monoisotopic (exact) mass is 412 g/mol. The Bertz CT molecular complexity index is 833. The second-order valence-electron chi connectivity index (χ2n) is 7.56. The van der Waals surface area contributed by atoms with Crippen molar-refractivity contribution < 1.29 is 19.1 Å². The molecule has 6 heteroatoms. The Hall–Kier alpha value is -3.02. The van der Waals surface area contributed by atoms with Gasteiger partial charge in [0.1, 0.15) is 17.5 Å². The van der Waals surface area contributed by atoms with Gasteiger partial charge in [-0.25, -0.2) is 0 Å². The fourth-order valence-electron chi connectivity index (χ4n) is 3.21. The van der Waals surface area contributed by atoms with Crippen LogP contribution in [-0.2, 0) is 16.1 Å². The molecule has 0 aliphatic heterocycles. The number of rotatable bonds is 10. The van der Waals surface area contributed by atoms with E-state index in [0.717, 1.165) is 11.1 Å². The maximum Gasteiger partial charge on any atom is 0.261 e. The van der Waals surface area contributed by atoms with Crippen LogP contribution in [0.3, 0.4) is 0 Å². The molecular weight excluding hydrogens is 380 g/mol. The molecule has 2 amide bonds. The highest BCUT2D eigenvalue weighted by Gasteiger charge is 2.29. The van der Waals surface area contributed by atoms with E-state index < -0.39 is 6.04 Å². The molecule has 2 rings (SSSR count). The van der Waals surface area contributed by atoms with E-state index in [1.165, 1.54) is 0 Å². The van der Waals surface area contributed by atoms with Crippen LogP contribution in [0.2, 0.25) is 0 Å². The topological polar surface area (TPSA) is 67.9 Å². The van der Waals surface area contributed by atoms with E-state index in [1.807, 2.05) is 52.0 Å². The lowest BCUT2D eigenvalue weighted by Crippen LogP contribution is -2.51. The van der Waals surface area contributed by atoms with E-state index in [2.05, 4.69) is 5.32 Å².